The molecule has 0 aliphatic heterocycles. The Balaban J connectivity index is 0.00000211. The van der Waals surface area contributed by atoms with E-state index >= 15 is 0 Å². The topological polar surface area (TPSA) is 12.4 Å². The van der Waals surface area contributed by atoms with E-state index in [4.69, 9.17) is 4.99 Å². The van der Waals surface area contributed by atoms with Gasteiger partial charge in [-0.25, -0.2) is 0 Å². The Labute approximate surface area is 138 Å². The molecule has 0 N–H and O–H groups in total. The Kier molecular flexibility index (Phi) is 11.4. The van der Waals surface area contributed by atoms with Gasteiger partial charge in [-0.2, -0.15) is 0 Å². The molecule has 1 aliphatic rings. The Morgan fingerprint density at radius 2 is 2.09 bits per heavy atom. The van der Waals surface area contributed by atoms with Gasteiger partial charge < -0.3 is 0 Å². The van der Waals surface area contributed by atoms with Gasteiger partial charge in [0.15, 0.2) is 0 Å². The first kappa shape index (κ1) is 20.6. The van der Waals surface area contributed by atoms with Crippen LogP contribution in [0.2, 0.25) is 0 Å². The van der Waals surface area contributed by atoms with E-state index in [2.05, 4.69) is 65.7 Å². The molecule has 1 nitrogen and oxygen atoms in total. The highest BCUT2D eigenvalue weighted by Gasteiger charge is 2.14. The normalized spacial score (nSPS) is 19.2. The molecule has 0 spiro atoms. The van der Waals surface area contributed by atoms with Crippen LogP contribution >= 0.6 is 0 Å². The van der Waals surface area contributed by atoms with Crippen LogP contribution in [-0.4, -0.2) is 12.3 Å². The molecule has 1 rings (SSSR count). The van der Waals surface area contributed by atoms with Crippen LogP contribution in [0.25, 0.3) is 0 Å². The van der Waals surface area contributed by atoms with Crippen LogP contribution in [0.3, 0.4) is 0 Å². The minimum Gasteiger partial charge on any atom is -0.289 e. The van der Waals surface area contributed by atoms with Gasteiger partial charge >= 0.3 is 0 Å². The Morgan fingerprint density at radius 1 is 1.41 bits per heavy atom. The number of rotatable bonds is 8. The van der Waals surface area contributed by atoms with Crippen molar-refractivity contribution in [1.82, 2.24) is 0 Å². The molecule has 2 atom stereocenters. The summed E-state index contributed by atoms with van der Waals surface area (Å²) < 4.78 is 0. The molecule has 1 heteroatoms. The van der Waals surface area contributed by atoms with Crippen LogP contribution in [0.15, 0.2) is 54.6 Å². The van der Waals surface area contributed by atoms with Gasteiger partial charge in [0.05, 0.1) is 0 Å². The van der Waals surface area contributed by atoms with E-state index in [1.165, 1.54) is 24.1 Å². The zero-order chi connectivity index (χ0) is 17.0. The standard InChI is InChI=1S/C19H31N.C2H4/c1-6-8-18(15(3)4)13-19(7-2)20-14-17-11-9-16(5)10-12-17;1-2/h7,9-11,15,17-18H,2,6,8,12-14H2,1,3-5H3;1-2H2. The average Bonchev–Trinajstić information content (AvgIpc) is 2.53. The molecule has 0 heterocycles. The lowest BCUT2D eigenvalue weighted by molar-refractivity contribution is 0.368. The monoisotopic (exact) mass is 301 g/mol. The number of hydrogen-bond acceptors (Lipinski definition) is 1. The summed E-state index contributed by atoms with van der Waals surface area (Å²) >= 11 is 0. The molecule has 0 saturated carbocycles. The molecule has 0 amide bonds. The van der Waals surface area contributed by atoms with E-state index in [1.54, 1.807) is 0 Å². The van der Waals surface area contributed by atoms with Gasteiger partial charge in [-0.1, -0.05) is 64.0 Å². The summed E-state index contributed by atoms with van der Waals surface area (Å²) in [6.45, 7) is 19.9. The second kappa shape index (κ2) is 12.2. The van der Waals surface area contributed by atoms with E-state index in [0.29, 0.717) is 5.92 Å². The maximum atomic E-state index is 4.81. The first-order chi connectivity index (χ1) is 10.6. The fourth-order valence-corrected chi connectivity index (χ4v) is 2.66. The zero-order valence-electron chi connectivity index (χ0n) is 15.1. The Bertz CT molecular complexity index is 398. The number of allylic oxidation sites excluding steroid dienone is 4. The second-order valence-corrected chi connectivity index (χ2v) is 6.34. The molecule has 0 aromatic carbocycles. The number of nitrogens with zero attached hydrogens (tertiary/aromatic N) is 1. The van der Waals surface area contributed by atoms with Crippen molar-refractivity contribution in [3.05, 3.63) is 49.6 Å². The molecular formula is C21H35N. The van der Waals surface area contributed by atoms with Crippen molar-refractivity contribution in [2.45, 2.75) is 53.4 Å². The molecule has 0 aromatic rings. The Morgan fingerprint density at radius 3 is 2.55 bits per heavy atom. The minimum absolute atomic E-state index is 0.567. The first-order valence-corrected chi connectivity index (χ1v) is 8.57. The van der Waals surface area contributed by atoms with Crippen molar-refractivity contribution >= 4 is 5.71 Å². The van der Waals surface area contributed by atoms with Gasteiger partial charge in [-0.05, 0) is 37.7 Å². The van der Waals surface area contributed by atoms with Crippen LogP contribution < -0.4 is 0 Å². The van der Waals surface area contributed by atoms with Gasteiger partial charge in [-0.3, -0.25) is 4.99 Å². The van der Waals surface area contributed by atoms with Crippen LogP contribution in [-0.2, 0) is 0 Å². The quantitative estimate of drug-likeness (QED) is 0.363. The van der Waals surface area contributed by atoms with Gasteiger partial charge in [-0.15, -0.1) is 13.2 Å². The summed E-state index contributed by atoms with van der Waals surface area (Å²) in [7, 11) is 0. The molecule has 124 valence electrons. The highest BCUT2D eigenvalue weighted by Crippen LogP contribution is 2.22. The lowest BCUT2D eigenvalue weighted by Crippen LogP contribution is -2.14. The SMILES string of the molecule is C=C.C=CC(CC(CCC)C(C)C)=NCC1C=CC(C)=CC1. The molecule has 1 aliphatic carbocycles. The highest BCUT2D eigenvalue weighted by molar-refractivity contribution is 5.94. The molecule has 0 bridgehead atoms. The van der Waals surface area contributed by atoms with Gasteiger partial charge in [0.1, 0.15) is 0 Å². The predicted octanol–water partition coefficient (Wildman–Crippen LogP) is 6.40. The maximum absolute atomic E-state index is 4.81. The maximum Gasteiger partial charge on any atom is 0.0458 e. The predicted molar refractivity (Wildman–Crippen MR) is 103 cm³/mol. The summed E-state index contributed by atoms with van der Waals surface area (Å²) in [4.78, 5) is 4.81. The molecule has 2 unspecified atom stereocenters. The van der Waals surface area contributed by atoms with Crippen molar-refractivity contribution < 1.29 is 0 Å². The van der Waals surface area contributed by atoms with Gasteiger partial charge in [0.2, 0.25) is 0 Å². The summed E-state index contributed by atoms with van der Waals surface area (Å²) in [6, 6.07) is 0. The zero-order valence-corrected chi connectivity index (χ0v) is 15.1. The molecule has 0 aromatic heterocycles. The van der Waals surface area contributed by atoms with Crippen molar-refractivity contribution in [1.29, 1.82) is 0 Å². The third-order valence-corrected chi connectivity index (χ3v) is 4.21. The third-order valence-electron chi connectivity index (χ3n) is 4.21. The average molecular weight is 302 g/mol. The van der Waals surface area contributed by atoms with E-state index < -0.39 is 0 Å². The third kappa shape index (κ3) is 8.17. The van der Waals surface area contributed by atoms with Crippen molar-refractivity contribution in [2.24, 2.45) is 22.7 Å². The summed E-state index contributed by atoms with van der Waals surface area (Å²) in [5, 5.41) is 0. The van der Waals surface area contributed by atoms with Crippen molar-refractivity contribution in [3.8, 4) is 0 Å². The smallest absolute Gasteiger partial charge is 0.0458 e. The van der Waals surface area contributed by atoms with Crippen LogP contribution in [0, 0.1) is 17.8 Å². The molecule has 22 heavy (non-hydrogen) atoms. The Hall–Kier alpha value is -1.37. The molecule has 0 saturated heterocycles. The van der Waals surface area contributed by atoms with Crippen LogP contribution in [0.1, 0.15) is 53.4 Å². The van der Waals surface area contributed by atoms with Crippen molar-refractivity contribution in [2.75, 3.05) is 6.54 Å². The van der Waals surface area contributed by atoms with E-state index in [-0.39, 0.29) is 0 Å². The van der Waals surface area contributed by atoms with E-state index in [0.717, 1.165) is 31.2 Å². The van der Waals surface area contributed by atoms with Gasteiger partial charge in [0.25, 0.3) is 0 Å². The molecule has 0 radical (unpaired) electrons. The largest absolute Gasteiger partial charge is 0.289 e. The number of hydrogen-bond donors (Lipinski definition) is 0. The molecule has 0 fully saturated rings. The molecular weight excluding hydrogens is 266 g/mol. The summed E-state index contributed by atoms with van der Waals surface area (Å²) in [5.74, 6) is 2.03. The van der Waals surface area contributed by atoms with Crippen LogP contribution in [0.4, 0.5) is 0 Å². The fraction of sp³-hybridized carbons (Fsp3) is 0.571. The van der Waals surface area contributed by atoms with Crippen molar-refractivity contribution in [3.63, 3.8) is 0 Å². The first-order valence-electron chi connectivity index (χ1n) is 8.57. The highest BCUT2D eigenvalue weighted by atomic mass is 14.7. The van der Waals surface area contributed by atoms with Crippen LogP contribution in [0.5, 0.6) is 0 Å². The second-order valence-electron chi connectivity index (χ2n) is 6.34. The lowest BCUT2D eigenvalue weighted by atomic mass is 9.86. The van der Waals surface area contributed by atoms with E-state index in [1.807, 2.05) is 6.08 Å². The summed E-state index contributed by atoms with van der Waals surface area (Å²) in [5.41, 5.74) is 2.56. The number of aliphatic imine (C=N–C) groups is 1. The lowest BCUT2D eigenvalue weighted by Gasteiger charge is -2.20. The fourth-order valence-electron chi connectivity index (χ4n) is 2.66. The van der Waals surface area contributed by atoms with Gasteiger partial charge in [0, 0.05) is 18.2 Å². The van der Waals surface area contributed by atoms with E-state index in [9.17, 15) is 0 Å². The summed E-state index contributed by atoms with van der Waals surface area (Å²) in [6.07, 6.45) is 13.5. The minimum atomic E-state index is 0.567.